The third kappa shape index (κ3) is 2.53. The molecule has 0 aromatic heterocycles. The van der Waals surface area contributed by atoms with Crippen LogP contribution in [0.4, 0.5) is 9.18 Å². The van der Waals surface area contributed by atoms with Gasteiger partial charge in [0.05, 0.1) is 24.8 Å². The van der Waals surface area contributed by atoms with E-state index in [1.54, 1.807) is 0 Å². The highest BCUT2D eigenvalue weighted by atomic mass is 19.1. The summed E-state index contributed by atoms with van der Waals surface area (Å²) in [5.41, 5.74) is 0.662. The number of benzene rings is 1. The van der Waals surface area contributed by atoms with Crippen molar-refractivity contribution in [3.63, 3.8) is 0 Å². The number of amides is 1. The number of rotatable bonds is 2. The Balaban J connectivity index is 2.13. The quantitative estimate of drug-likeness (QED) is 0.786. The average Bonchev–Trinajstić information content (AvgIpc) is 2.34. The molecule has 1 aliphatic heterocycles. The van der Waals surface area contributed by atoms with Crippen molar-refractivity contribution in [1.29, 1.82) is 5.26 Å². The van der Waals surface area contributed by atoms with Gasteiger partial charge in [0, 0.05) is 12.1 Å². The number of carbonyl (C=O) groups is 1. The lowest BCUT2D eigenvalue weighted by molar-refractivity contribution is 0.0696. The van der Waals surface area contributed by atoms with Gasteiger partial charge in [0.1, 0.15) is 5.82 Å². The van der Waals surface area contributed by atoms with Gasteiger partial charge < -0.3 is 9.64 Å². The topological polar surface area (TPSA) is 53.3 Å². The van der Waals surface area contributed by atoms with Crippen LogP contribution in [0.5, 0.6) is 0 Å². The van der Waals surface area contributed by atoms with E-state index in [-0.39, 0.29) is 12.1 Å². The molecular weight excluding hydrogens is 223 g/mol. The minimum Gasteiger partial charge on any atom is -0.449 e. The Kier molecular flexibility index (Phi) is 3.24. The molecule has 0 saturated carbocycles. The van der Waals surface area contributed by atoms with E-state index in [9.17, 15) is 9.18 Å². The Morgan fingerprint density at radius 2 is 2.35 bits per heavy atom. The molecule has 2 rings (SSSR count). The highest BCUT2D eigenvalue weighted by Crippen LogP contribution is 2.15. The van der Waals surface area contributed by atoms with Gasteiger partial charge in [-0.05, 0) is 18.6 Å². The van der Waals surface area contributed by atoms with Crippen molar-refractivity contribution in [3.8, 4) is 6.07 Å². The minimum absolute atomic E-state index is 0.177. The second kappa shape index (κ2) is 4.83. The van der Waals surface area contributed by atoms with Crippen molar-refractivity contribution in [3.05, 3.63) is 35.1 Å². The standard InChI is InChI=1S/C12H11FN2O2/c13-11-6-9(7-14)2-3-10(11)8-15-4-1-5-17-12(15)16/h2-3,6H,1,4-5,8H2. The van der Waals surface area contributed by atoms with Crippen molar-refractivity contribution in [2.45, 2.75) is 13.0 Å². The van der Waals surface area contributed by atoms with Gasteiger partial charge in [-0.2, -0.15) is 5.26 Å². The monoisotopic (exact) mass is 234 g/mol. The first-order chi connectivity index (χ1) is 8.20. The molecule has 0 unspecified atom stereocenters. The van der Waals surface area contributed by atoms with Gasteiger partial charge in [-0.25, -0.2) is 9.18 Å². The zero-order valence-corrected chi connectivity index (χ0v) is 9.15. The van der Waals surface area contributed by atoms with Crippen LogP contribution in [0.2, 0.25) is 0 Å². The molecule has 17 heavy (non-hydrogen) atoms. The van der Waals surface area contributed by atoms with Gasteiger partial charge in [0.25, 0.3) is 0 Å². The molecule has 1 aromatic carbocycles. The lowest BCUT2D eigenvalue weighted by Crippen LogP contribution is -2.37. The van der Waals surface area contributed by atoms with Crippen LogP contribution in [0.25, 0.3) is 0 Å². The van der Waals surface area contributed by atoms with Gasteiger partial charge in [-0.1, -0.05) is 6.07 Å². The molecule has 0 atom stereocenters. The molecule has 5 heteroatoms. The molecule has 0 radical (unpaired) electrons. The highest BCUT2D eigenvalue weighted by Gasteiger charge is 2.20. The van der Waals surface area contributed by atoms with E-state index in [1.165, 1.54) is 23.1 Å². The van der Waals surface area contributed by atoms with Crippen LogP contribution in [0.1, 0.15) is 17.5 Å². The maximum atomic E-state index is 13.6. The lowest BCUT2D eigenvalue weighted by atomic mass is 10.1. The normalized spacial score (nSPS) is 15.3. The van der Waals surface area contributed by atoms with Gasteiger partial charge in [0.15, 0.2) is 0 Å². The molecule has 1 aromatic rings. The number of hydrogen-bond acceptors (Lipinski definition) is 3. The average molecular weight is 234 g/mol. The SMILES string of the molecule is N#Cc1ccc(CN2CCCOC2=O)c(F)c1. The van der Waals surface area contributed by atoms with Crippen LogP contribution >= 0.6 is 0 Å². The molecule has 1 saturated heterocycles. The molecule has 0 N–H and O–H groups in total. The molecule has 1 amide bonds. The number of carbonyl (C=O) groups excluding carboxylic acids is 1. The summed E-state index contributed by atoms with van der Waals surface area (Å²) in [6, 6.07) is 6.09. The fraction of sp³-hybridized carbons (Fsp3) is 0.333. The van der Waals surface area contributed by atoms with E-state index in [4.69, 9.17) is 10.00 Å². The maximum absolute atomic E-state index is 13.6. The zero-order valence-electron chi connectivity index (χ0n) is 9.15. The Morgan fingerprint density at radius 1 is 1.53 bits per heavy atom. The molecule has 1 heterocycles. The highest BCUT2D eigenvalue weighted by molar-refractivity contribution is 5.68. The van der Waals surface area contributed by atoms with Gasteiger partial charge >= 0.3 is 6.09 Å². The Bertz CT molecular complexity index is 482. The molecule has 0 aliphatic carbocycles. The fourth-order valence-corrected chi connectivity index (χ4v) is 1.69. The van der Waals surface area contributed by atoms with E-state index in [1.807, 2.05) is 6.07 Å². The van der Waals surface area contributed by atoms with Crippen LogP contribution in [-0.4, -0.2) is 24.1 Å². The molecule has 1 fully saturated rings. The second-order valence-corrected chi connectivity index (χ2v) is 3.81. The summed E-state index contributed by atoms with van der Waals surface area (Å²) >= 11 is 0. The number of halogens is 1. The first kappa shape index (κ1) is 11.4. The van der Waals surface area contributed by atoms with Crippen LogP contribution in [0.3, 0.4) is 0 Å². The lowest BCUT2D eigenvalue weighted by Gasteiger charge is -2.26. The van der Waals surface area contributed by atoms with Crippen molar-refractivity contribution < 1.29 is 13.9 Å². The fourth-order valence-electron chi connectivity index (χ4n) is 1.69. The van der Waals surface area contributed by atoms with Crippen LogP contribution in [0, 0.1) is 17.1 Å². The van der Waals surface area contributed by atoms with E-state index < -0.39 is 11.9 Å². The Labute approximate surface area is 98.2 Å². The molecule has 0 spiro atoms. The molecule has 4 nitrogen and oxygen atoms in total. The zero-order chi connectivity index (χ0) is 12.3. The minimum atomic E-state index is -0.470. The predicted molar refractivity (Wildman–Crippen MR) is 57.5 cm³/mol. The van der Waals surface area contributed by atoms with Crippen LogP contribution in [0.15, 0.2) is 18.2 Å². The van der Waals surface area contributed by atoms with Crippen LogP contribution < -0.4 is 0 Å². The summed E-state index contributed by atoms with van der Waals surface area (Å²) in [7, 11) is 0. The predicted octanol–water partition coefficient (Wildman–Crippen LogP) is 2.04. The number of cyclic esters (lactones) is 1. The van der Waals surface area contributed by atoms with Crippen molar-refractivity contribution >= 4 is 6.09 Å². The summed E-state index contributed by atoms with van der Waals surface area (Å²) in [4.78, 5) is 12.8. The summed E-state index contributed by atoms with van der Waals surface area (Å²) in [6.07, 6.45) is 0.337. The number of nitrogens with zero attached hydrogens (tertiary/aromatic N) is 2. The Morgan fingerprint density at radius 3 is 3.00 bits per heavy atom. The van der Waals surface area contributed by atoms with E-state index in [0.717, 1.165) is 6.42 Å². The van der Waals surface area contributed by atoms with Gasteiger partial charge in [-0.3, -0.25) is 0 Å². The molecular formula is C12H11FN2O2. The van der Waals surface area contributed by atoms with Crippen molar-refractivity contribution in [2.24, 2.45) is 0 Å². The van der Waals surface area contributed by atoms with E-state index >= 15 is 0 Å². The number of ether oxygens (including phenoxy) is 1. The third-order valence-corrected chi connectivity index (χ3v) is 2.60. The smallest absolute Gasteiger partial charge is 0.410 e. The molecule has 1 aliphatic rings. The van der Waals surface area contributed by atoms with E-state index in [0.29, 0.717) is 18.7 Å². The first-order valence-electron chi connectivity index (χ1n) is 5.31. The summed E-state index contributed by atoms with van der Waals surface area (Å²) < 4.78 is 18.4. The molecule has 88 valence electrons. The second-order valence-electron chi connectivity index (χ2n) is 3.81. The molecule has 0 bridgehead atoms. The number of hydrogen-bond donors (Lipinski definition) is 0. The summed E-state index contributed by atoms with van der Waals surface area (Å²) in [5, 5.41) is 8.62. The Hall–Kier alpha value is -2.09. The van der Waals surface area contributed by atoms with Crippen LogP contribution in [-0.2, 0) is 11.3 Å². The first-order valence-corrected chi connectivity index (χ1v) is 5.31. The largest absolute Gasteiger partial charge is 0.449 e. The third-order valence-electron chi connectivity index (χ3n) is 2.60. The van der Waals surface area contributed by atoms with Gasteiger partial charge in [-0.15, -0.1) is 0 Å². The van der Waals surface area contributed by atoms with Gasteiger partial charge in [0.2, 0.25) is 0 Å². The number of nitriles is 1. The summed E-state index contributed by atoms with van der Waals surface area (Å²) in [5.74, 6) is -0.470. The maximum Gasteiger partial charge on any atom is 0.410 e. The van der Waals surface area contributed by atoms with Crippen molar-refractivity contribution in [2.75, 3.05) is 13.2 Å². The van der Waals surface area contributed by atoms with Crippen molar-refractivity contribution in [1.82, 2.24) is 4.90 Å². The summed E-state index contributed by atoms with van der Waals surface area (Å²) in [6.45, 7) is 1.17. The van der Waals surface area contributed by atoms with E-state index in [2.05, 4.69) is 0 Å².